The van der Waals surface area contributed by atoms with Crippen molar-refractivity contribution in [3.05, 3.63) is 20.5 Å². The molecule has 1 aromatic heterocycles. The average molecular weight is 300 g/mol. The predicted octanol–water partition coefficient (Wildman–Crippen LogP) is 0.935. The lowest BCUT2D eigenvalue weighted by molar-refractivity contribution is -0.384. The third kappa shape index (κ3) is 3.36. The third-order valence-corrected chi connectivity index (χ3v) is 5.22. The van der Waals surface area contributed by atoms with Gasteiger partial charge in [0.2, 0.25) is 0 Å². The largest absolute Gasteiger partial charge is 0.329 e. The molecule has 17 heavy (non-hydrogen) atoms. The van der Waals surface area contributed by atoms with E-state index in [4.69, 9.17) is 17.3 Å². The number of halogens is 1. The lowest BCUT2D eigenvalue weighted by Crippen LogP contribution is -2.37. The van der Waals surface area contributed by atoms with Gasteiger partial charge in [-0.1, -0.05) is 11.6 Å². The number of nitro groups is 1. The van der Waals surface area contributed by atoms with E-state index in [0.29, 0.717) is 11.3 Å². The summed E-state index contributed by atoms with van der Waals surface area (Å²) < 4.78 is 25.4. The topological polar surface area (TPSA) is 115 Å². The first-order chi connectivity index (χ1) is 7.77. The summed E-state index contributed by atoms with van der Waals surface area (Å²) in [5.74, 6) is 0. The molecule has 1 heterocycles. The second-order valence-electron chi connectivity index (χ2n) is 3.24. The first kappa shape index (κ1) is 14.3. The molecule has 3 N–H and O–H groups in total. The van der Waals surface area contributed by atoms with Crippen LogP contribution in [0.4, 0.5) is 5.69 Å². The van der Waals surface area contributed by atoms with Gasteiger partial charge in [-0.15, -0.1) is 11.3 Å². The van der Waals surface area contributed by atoms with E-state index < -0.39 is 26.7 Å². The van der Waals surface area contributed by atoms with E-state index in [-0.39, 0.29) is 15.1 Å². The number of sulfonamides is 1. The zero-order valence-electron chi connectivity index (χ0n) is 8.71. The fraction of sp³-hybridized carbons (Fsp3) is 0.429. The number of nitrogens with zero attached hydrogens (tertiary/aromatic N) is 1. The summed E-state index contributed by atoms with van der Waals surface area (Å²) >= 11 is 6.21. The van der Waals surface area contributed by atoms with Crippen LogP contribution in [0, 0.1) is 10.1 Å². The van der Waals surface area contributed by atoms with Gasteiger partial charge in [-0.3, -0.25) is 10.1 Å². The molecule has 0 aromatic carbocycles. The van der Waals surface area contributed by atoms with E-state index in [2.05, 4.69) is 4.72 Å². The van der Waals surface area contributed by atoms with Crippen molar-refractivity contribution in [2.75, 3.05) is 6.54 Å². The molecule has 0 fully saturated rings. The maximum Gasteiger partial charge on any atom is 0.300 e. The highest BCUT2D eigenvalue weighted by molar-refractivity contribution is 7.91. The van der Waals surface area contributed by atoms with Crippen LogP contribution in [0.2, 0.25) is 4.34 Å². The van der Waals surface area contributed by atoms with Crippen LogP contribution in [0.25, 0.3) is 0 Å². The first-order valence-corrected chi connectivity index (χ1v) is 7.12. The average Bonchev–Trinajstić information content (AvgIpc) is 2.60. The van der Waals surface area contributed by atoms with Crippen LogP contribution in [-0.2, 0) is 10.0 Å². The number of thiophene rings is 1. The lowest BCUT2D eigenvalue weighted by atomic mass is 10.4. The molecule has 96 valence electrons. The van der Waals surface area contributed by atoms with Gasteiger partial charge in [0.1, 0.15) is 4.21 Å². The Kier molecular flexibility index (Phi) is 4.44. The van der Waals surface area contributed by atoms with Gasteiger partial charge < -0.3 is 5.73 Å². The fourth-order valence-electron chi connectivity index (χ4n) is 0.966. The van der Waals surface area contributed by atoms with E-state index in [1.54, 1.807) is 6.92 Å². The van der Waals surface area contributed by atoms with Gasteiger partial charge in [0.15, 0.2) is 4.34 Å². The van der Waals surface area contributed by atoms with Gasteiger partial charge >= 0.3 is 0 Å². The summed E-state index contributed by atoms with van der Waals surface area (Å²) in [6, 6.07) is 0.471. The molecule has 0 aliphatic heterocycles. The predicted molar refractivity (Wildman–Crippen MR) is 64.8 cm³/mol. The number of nitrogens with two attached hydrogens (primary N) is 1. The summed E-state index contributed by atoms with van der Waals surface area (Å²) in [4.78, 5) is 9.80. The van der Waals surface area contributed by atoms with E-state index in [0.717, 1.165) is 6.07 Å². The fourth-order valence-corrected chi connectivity index (χ4v) is 3.90. The van der Waals surface area contributed by atoms with Crippen molar-refractivity contribution in [3.8, 4) is 0 Å². The Labute approximate surface area is 107 Å². The van der Waals surface area contributed by atoms with E-state index in [1.807, 2.05) is 0 Å². The van der Waals surface area contributed by atoms with Crippen molar-refractivity contribution >= 4 is 38.6 Å². The molecule has 7 nitrogen and oxygen atoms in total. The van der Waals surface area contributed by atoms with Crippen molar-refractivity contribution in [2.24, 2.45) is 5.73 Å². The van der Waals surface area contributed by atoms with Crippen LogP contribution in [0.5, 0.6) is 0 Å². The SMILES string of the molecule is CC(CN)NS(=O)(=O)c1cc([N+](=O)[O-])c(Cl)s1. The van der Waals surface area contributed by atoms with Gasteiger partial charge in [-0.25, -0.2) is 13.1 Å². The zero-order chi connectivity index (χ0) is 13.2. The summed E-state index contributed by atoms with van der Waals surface area (Å²) in [6.07, 6.45) is 0. The summed E-state index contributed by atoms with van der Waals surface area (Å²) in [5.41, 5.74) is 4.86. The normalized spacial score (nSPS) is 13.6. The molecule has 0 aliphatic rings. The van der Waals surface area contributed by atoms with Crippen molar-refractivity contribution in [1.82, 2.24) is 4.72 Å². The van der Waals surface area contributed by atoms with Gasteiger partial charge in [0.25, 0.3) is 15.7 Å². The van der Waals surface area contributed by atoms with E-state index >= 15 is 0 Å². The maximum atomic E-state index is 11.8. The van der Waals surface area contributed by atoms with Gasteiger partial charge in [-0.05, 0) is 6.92 Å². The zero-order valence-corrected chi connectivity index (χ0v) is 11.1. The minimum Gasteiger partial charge on any atom is -0.329 e. The Morgan fingerprint density at radius 3 is 2.71 bits per heavy atom. The molecular formula is C7H10ClN3O4S2. The minimum absolute atomic E-state index is 0.125. The summed E-state index contributed by atoms with van der Waals surface area (Å²) in [5, 5.41) is 10.5. The van der Waals surface area contributed by atoms with Crippen LogP contribution in [-0.4, -0.2) is 25.9 Å². The number of rotatable bonds is 5. The first-order valence-electron chi connectivity index (χ1n) is 4.44. The second kappa shape index (κ2) is 5.27. The molecule has 0 amide bonds. The number of nitrogens with one attached hydrogen (secondary N) is 1. The van der Waals surface area contributed by atoms with Crippen LogP contribution in [0.15, 0.2) is 10.3 Å². The van der Waals surface area contributed by atoms with E-state index in [9.17, 15) is 18.5 Å². The van der Waals surface area contributed by atoms with Gasteiger partial charge in [0.05, 0.1) is 4.92 Å². The lowest BCUT2D eigenvalue weighted by Gasteiger charge is -2.09. The van der Waals surface area contributed by atoms with E-state index in [1.165, 1.54) is 0 Å². The molecular weight excluding hydrogens is 290 g/mol. The van der Waals surface area contributed by atoms with Crippen molar-refractivity contribution in [2.45, 2.75) is 17.2 Å². The molecule has 0 spiro atoms. The molecule has 1 aromatic rings. The molecule has 1 rings (SSSR count). The van der Waals surface area contributed by atoms with Gasteiger partial charge in [0, 0.05) is 18.7 Å². The third-order valence-electron chi connectivity index (χ3n) is 1.82. The highest BCUT2D eigenvalue weighted by atomic mass is 35.5. The Morgan fingerprint density at radius 1 is 1.71 bits per heavy atom. The second-order valence-corrected chi connectivity index (χ2v) is 6.83. The summed E-state index contributed by atoms with van der Waals surface area (Å²) in [7, 11) is -3.81. The summed E-state index contributed by atoms with van der Waals surface area (Å²) in [6.45, 7) is 1.71. The number of hydrogen-bond donors (Lipinski definition) is 2. The molecule has 0 saturated heterocycles. The Morgan fingerprint density at radius 2 is 2.29 bits per heavy atom. The molecule has 0 radical (unpaired) electrons. The molecule has 1 unspecified atom stereocenters. The smallest absolute Gasteiger partial charge is 0.300 e. The highest BCUT2D eigenvalue weighted by Gasteiger charge is 2.25. The Bertz CT molecular complexity index is 527. The van der Waals surface area contributed by atoms with Crippen molar-refractivity contribution < 1.29 is 13.3 Å². The van der Waals surface area contributed by atoms with Crippen LogP contribution >= 0.6 is 22.9 Å². The van der Waals surface area contributed by atoms with Crippen molar-refractivity contribution in [3.63, 3.8) is 0 Å². The number of hydrogen-bond acceptors (Lipinski definition) is 6. The molecule has 10 heteroatoms. The molecule has 0 saturated carbocycles. The van der Waals surface area contributed by atoms with Crippen LogP contribution in [0.3, 0.4) is 0 Å². The Balaban J connectivity index is 3.08. The molecule has 1 atom stereocenters. The Hall–Kier alpha value is -0.740. The van der Waals surface area contributed by atoms with Crippen molar-refractivity contribution in [1.29, 1.82) is 0 Å². The van der Waals surface area contributed by atoms with Crippen LogP contribution in [0.1, 0.15) is 6.92 Å². The standard InChI is InChI=1S/C7H10ClN3O4S2/c1-4(3-9)10-17(14,15)6-2-5(11(12)13)7(8)16-6/h2,4,10H,3,9H2,1H3. The van der Waals surface area contributed by atoms with Gasteiger partial charge in [-0.2, -0.15) is 0 Å². The maximum absolute atomic E-state index is 11.8. The quantitative estimate of drug-likeness (QED) is 0.620. The molecule has 0 bridgehead atoms. The highest BCUT2D eigenvalue weighted by Crippen LogP contribution is 2.36. The monoisotopic (exact) mass is 299 g/mol. The van der Waals surface area contributed by atoms with Crippen LogP contribution < -0.4 is 10.5 Å². The minimum atomic E-state index is -3.81. The molecule has 0 aliphatic carbocycles.